The fourth-order valence-electron chi connectivity index (χ4n) is 3.40. The first-order valence-electron chi connectivity index (χ1n) is 7.94. The Hall–Kier alpha value is -0.910. The molecule has 0 aliphatic carbocycles. The van der Waals surface area contributed by atoms with Gasteiger partial charge in [0.05, 0.1) is 6.54 Å². The number of hydrogen-bond donors (Lipinski definition) is 1. The molecule has 5 heteroatoms. The quantitative estimate of drug-likeness (QED) is 0.917. The molecule has 0 spiro atoms. The van der Waals surface area contributed by atoms with E-state index < -0.39 is 0 Å². The molecule has 1 fully saturated rings. The summed E-state index contributed by atoms with van der Waals surface area (Å²) in [7, 11) is 2.18. The molecule has 2 aliphatic heterocycles. The van der Waals surface area contributed by atoms with Gasteiger partial charge in [-0.1, -0.05) is 0 Å². The van der Waals surface area contributed by atoms with Crippen LogP contribution in [-0.4, -0.2) is 55.5 Å². The Balaban J connectivity index is 1.41. The third-order valence-corrected chi connectivity index (χ3v) is 5.61. The van der Waals surface area contributed by atoms with Crippen LogP contribution in [0.1, 0.15) is 23.3 Å². The molecule has 1 amide bonds. The van der Waals surface area contributed by atoms with Crippen molar-refractivity contribution in [1.82, 2.24) is 15.1 Å². The minimum atomic E-state index is 0.246. The minimum absolute atomic E-state index is 0.246. The van der Waals surface area contributed by atoms with Gasteiger partial charge >= 0.3 is 0 Å². The number of piperidine rings is 1. The van der Waals surface area contributed by atoms with Crippen molar-refractivity contribution >= 4 is 17.2 Å². The topological polar surface area (TPSA) is 35.6 Å². The Morgan fingerprint density at radius 1 is 1.48 bits per heavy atom. The van der Waals surface area contributed by atoms with E-state index in [9.17, 15) is 4.79 Å². The Bertz CT molecular complexity index is 488. The third kappa shape index (κ3) is 3.84. The van der Waals surface area contributed by atoms with Gasteiger partial charge in [0.25, 0.3) is 0 Å². The molecule has 4 nitrogen and oxygen atoms in total. The summed E-state index contributed by atoms with van der Waals surface area (Å²) in [6.45, 7) is 5.49. The van der Waals surface area contributed by atoms with Crippen molar-refractivity contribution in [3.8, 4) is 0 Å². The molecule has 1 N–H and O–H groups in total. The van der Waals surface area contributed by atoms with Gasteiger partial charge in [-0.05, 0) is 62.3 Å². The second kappa shape index (κ2) is 6.90. The first-order chi connectivity index (χ1) is 10.2. The van der Waals surface area contributed by atoms with Crippen LogP contribution in [0.3, 0.4) is 0 Å². The monoisotopic (exact) mass is 307 g/mol. The van der Waals surface area contributed by atoms with Gasteiger partial charge in [0.1, 0.15) is 0 Å². The number of nitrogens with zero attached hydrogens (tertiary/aromatic N) is 2. The molecule has 1 saturated heterocycles. The summed E-state index contributed by atoms with van der Waals surface area (Å²) in [5, 5.41) is 5.51. The largest absolute Gasteiger partial charge is 0.337 e. The molecule has 0 aromatic carbocycles. The van der Waals surface area contributed by atoms with E-state index in [1.54, 1.807) is 0 Å². The highest BCUT2D eigenvalue weighted by Crippen LogP contribution is 2.23. The lowest BCUT2D eigenvalue weighted by atomic mass is 9.98. The number of carbonyl (C=O) groups is 1. The summed E-state index contributed by atoms with van der Waals surface area (Å²) < 4.78 is 0. The number of carbonyl (C=O) groups excluding carboxylic acids is 1. The maximum atomic E-state index is 12.3. The summed E-state index contributed by atoms with van der Waals surface area (Å²) in [6.07, 6.45) is 3.59. The van der Waals surface area contributed by atoms with Crippen LogP contribution in [0.25, 0.3) is 0 Å². The zero-order valence-electron chi connectivity index (χ0n) is 12.8. The van der Waals surface area contributed by atoms with E-state index >= 15 is 0 Å². The summed E-state index contributed by atoms with van der Waals surface area (Å²) in [4.78, 5) is 18.1. The smallest absolute Gasteiger partial charge is 0.236 e. The number of rotatable bonds is 4. The summed E-state index contributed by atoms with van der Waals surface area (Å²) in [6, 6.07) is 2.16. The fraction of sp³-hybridized carbons (Fsp3) is 0.688. The molecule has 0 radical (unpaired) electrons. The number of hydrogen-bond acceptors (Lipinski definition) is 4. The highest BCUT2D eigenvalue weighted by molar-refractivity contribution is 7.10. The molecule has 1 atom stereocenters. The van der Waals surface area contributed by atoms with Gasteiger partial charge in [-0.2, -0.15) is 0 Å². The van der Waals surface area contributed by atoms with Gasteiger partial charge in [-0.25, -0.2) is 0 Å². The van der Waals surface area contributed by atoms with Crippen LogP contribution in [0.15, 0.2) is 11.4 Å². The number of nitrogens with one attached hydrogen (secondary N) is 1. The predicted molar refractivity (Wildman–Crippen MR) is 86.5 cm³/mol. The Morgan fingerprint density at radius 2 is 2.38 bits per heavy atom. The standard InChI is InChI=1S/C16H25N3OS/c1-18-6-2-3-13(11-18)9-17-10-16(20)19-7-4-15-14(12-19)5-8-21-15/h5,8,13,17H,2-4,6-7,9-12H2,1H3. The van der Waals surface area contributed by atoms with Gasteiger partial charge in [-0.3, -0.25) is 4.79 Å². The summed E-state index contributed by atoms with van der Waals surface area (Å²) >= 11 is 1.82. The van der Waals surface area contributed by atoms with Crippen LogP contribution >= 0.6 is 11.3 Å². The van der Waals surface area contributed by atoms with Crippen LogP contribution in [0.4, 0.5) is 0 Å². The molecule has 116 valence electrons. The summed E-state index contributed by atoms with van der Waals surface area (Å²) in [5.41, 5.74) is 1.34. The van der Waals surface area contributed by atoms with E-state index in [1.807, 2.05) is 16.2 Å². The van der Waals surface area contributed by atoms with Crippen molar-refractivity contribution in [3.05, 3.63) is 21.9 Å². The molecule has 0 bridgehead atoms. The van der Waals surface area contributed by atoms with E-state index in [0.29, 0.717) is 12.5 Å². The van der Waals surface area contributed by atoms with Crippen LogP contribution in [0.5, 0.6) is 0 Å². The van der Waals surface area contributed by atoms with E-state index in [1.165, 1.54) is 29.8 Å². The van der Waals surface area contributed by atoms with Crippen molar-refractivity contribution in [2.75, 3.05) is 39.8 Å². The second-order valence-electron chi connectivity index (χ2n) is 6.34. The van der Waals surface area contributed by atoms with Crippen LogP contribution in [-0.2, 0) is 17.8 Å². The molecule has 1 aromatic heterocycles. The van der Waals surface area contributed by atoms with E-state index in [-0.39, 0.29) is 5.91 Å². The lowest BCUT2D eigenvalue weighted by Gasteiger charge is -2.30. The van der Waals surface area contributed by atoms with E-state index in [0.717, 1.165) is 32.6 Å². The van der Waals surface area contributed by atoms with Gasteiger partial charge in [0.15, 0.2) is 0 Å². The molecular weight excluding hydrogens is 282 g/mol. The summed E-state index contributed by atoms with van der Waals surface area (Å²) in [5.74, 6) is 0.942. The molecule has 1 unspecified atom stereocenters. The van der Waals surface area contributed by atoms with Gasteiger partial charge < -0.3 is 15.1 Å². The zero-order valence-corrected chi connectivity index (χ0v) is 13.6. The van der Waals surface area contributed by atoms with E-state index in [4.69, 9.17) is 0 Å². The van der Waals surface area contributed by atoms with Gasteiger partial charge in [0, 0.05) is 24.5 Å². The second-order valence-corrected chi connectivity index (χ2v) is 7.34. The maximum absolute atomic E-state index is 12.3. The van der Waals surface area contributed by atoms with Gasteiger partial charge in [-0.15, -0.1) is 11.3 Å². The molecule has 21 heavy (non-hydrogen) atoms. The highest BCUT2D eigenvalue weighted by atomic mass is 32.1. The zero-order chi connectivity index (χ0) is 14.7. The fourth-order valence-corrected chi connectivity index (χ4v) is 4.29. The van der Waals surface area contributed by atoms with Crippen molar-refractivity contribution in [2.24, 2.45) is 5.92 Å². The molecule has 2 aliphatic rings. The molecule has 3 rings (SSSR count). The normalized spacial score (nSPS) is 23.1. The van der Waals surface area contributed by atoms with Crippen molar-refractivity contribution in [3.63, 3.8) is 0 Å². The van der Waals surface area contributed by atoms with Crippen molar-refractivity contribution < 1.29 is 4.79 Å². The number of fused-ring (bicyclic) bond motifs is 1. The van der Waals surface area contributed by atoms with Crippen LogP contribution in [0, 0.1) is 5.92 Å². The van der Waals surface area contributed by atoms with Crippen LogP contribution in [0.2, 0.25) is 0 Å². The number of likely N-dealkylation sites (tertiary alicyclic amines) is 1. The number of thiophene rings is 1. The predicted octanol–water partition coefficient (Wildman–Crippen LogP) is 1.56. The number of amides is 1. The van der Waals surface area contributed by atoms with Gasteiger partial charge in [0.2, 0.25) is 5.91 Å². The third-order valence-electron chi connectivity index (χ3n) is 4.59. The van der Waals surface area contributed by atoms with E-state index in [2.05, 4.69) is 28.7 Å². The SMILES string of the molecule is CN1CCCC(CNCC(=O)N2CCc3sccc3C2)C1. The highest BCUT2D eigenvalue weighted by Gasteiger charge is 2.22. The lowest BCUT2D eigenvalue weighted by Crippen LogP contribution is -2.43. The lowest BCUT2D eigenvalue weighted by molar-refractivity contribution is -0.131. The average Bonchev–Trinajstić information content (AvgIpc) is 2.94. The van der Waals surface area contributed by atoms with Crippen LogP contribution < -0.4 is 5.32 Å². The maximum Gasteiger partial charge on any atom is 0.236 e. The Morgan fingerprint density at radius 3 is 3.24 bits per heavy atom. The molecular formula is C16H25N3OS. The average molecular weight is 307 g/mol. The Kier molecular flexibility index (Phi) is 4.93. The molecule has 3 heterocycles. The molecule has 1 aromatic rings. The first-order valence-corrected chi connectivity index (χ1v) is 8.82. The Labute approximate surface area is 131 Å². The molecule has 0 saturated carbocycles. The van der Waals surface area contributed by atoms with Crippen molar-refractivity contribution in [2.45, 2.75) is 25.8 Å². The van der Waals surface area contributed by atoms with Crippen molar-refractivity contribution in [1.29, 1.82) is 0 Å². The minimum Gasteiger partial charge on any atom is -0.337 e. The first kappa shape index (κ1) is 15.0.